The van der Waals surface area contributed by atoms with Crippen molar-refractivity contribution in [3.8, 4) is 0 Å². The Morgan fingerprint density at radius 1 is 0.611 bits per heavy atom. The molecule has 0 spiro atoms. The third-order valence-corrected chi connectivity index (χ3v) is 10.8. The van der Waals surface area contributed by atoms with E-state index in [1.165, 1.54) is 135 Å². The number of rotatable bonds is 37. The molecule has 1 aliphatic rings. The van der Waals surface area contributed by atoms with Gasteiger partial charge in [0.1, 0.15) is 24.4 Å². The number of ether oxygens (including phenoxy) is 2. The molecule has 0 aromatic carbocycles. The lowest BCUT2D eigenvalue weighted by atomic mass is 9.99. The number of unbranched alkanes of at least 4 members (excludes halogenated alkanes) is 25. The van der Waals surface area contributed by atoms with E-state index in [-0.39, 0.29) is 12.5 Å². The highest BCUT2D eigenvalue weighted by Crippen LogP contribution is 2.22. The fourth-order valence-electron chi connectivity index (χ4n) is 7.10. The lowest BCUT2D eigenvalue weighted by Crippen LogP contribution is -2.60. The van der Waals surface area contributed by atoms with Gasteiger partial charge in [-0.05, 0) is 38.5 Å². The lowest BCUT2D eigenvalue weighted by Gasteiger charge is -2.40. The first-order chi connectivity index (χ1) is 26.3. The molecule has 9 heteroatoms. The second kappa shape index (κ2) is 36.0. The van der Waals surface area contributed by atoms with Crippen LogP contribution in [0.1, 0.15) is 200 Å². The van der Waals surface area contributed by atoms with E-state index in [4.69, 9.17) is 9.47 Å². The van der Waals surface area contributed by atoms with Crippen molar-refractivity contribution in [2.24, 2.45) is 0 Å². The normalized spacial score (nSPS) is 21.6. The first-order valence-electron chi connectivity index (χ1n) is 22.6. The number of hydrogen-bond acceptors (Lipinski definition) is 8. The summed E-state index contributed by atoms with van der Waals surface area (Å²) < 4.78 is 11.2. The van der Waals surface area contributed by atoms with Crippen LogP contribution in [-0.4, -0.2) is 87.5 Å². The monoisotopic (exact) mass is 768 g/mol. The minimum atomic E-state index is -1.56. The third kappa shape index (κ3) is 26.5. The zero-order valence-corrected chi connectivity index (χ0v) is 34.7. The Labute approximate surface area is 330 Å². The predicted molar refractivity (Wildman–Crippen MR) is 221 cm³/mol. The number of amides is 1. The Hall–Kier alpha value is -1.33. The fourth-order valence-corrected chi connectivity index (χ4v) is 7.10. The van der Waals surface area contributed by atoms with Gasteiger partial charge in [-0.15, -0.1) is 0 Å². The molecule has 0 bridgehead atoms. The van der Waals surface area contributed by atoms with Crippen LogP contribution in [0.25, 0.3) is 0 Å². The fraction of sp³-hybridized carbons (Fsp3) is 0.889. The zero-order chi connectivity index (χ0) is 39.5. The maximum absolute atomic E-state index is 12.9. The van der Waals surface area contributed by atoms with Gasteiger partial charge in [0.2, 0.25) is 5.91 Å². The van der Waals surface area contributed by atoms with Crippen molar-refractivity contribution in [2.75, 3.05) is 13.2 Å². The molecule has 2 unspecified atom stereocenters. The van der Waals surface area contributed by atoms with Gasteiger partial charge < -0.3 is 40.3 Å². The summed E-state index contributed by atoms with van der Waals surface area (Å²) in [5.41, 5.74) is 0. The van der Waals surface area contributed by atoms with Crippen LogP contribution >= 0.6 is 0 Å². The molecular formula is C45H85NO8. The molecule has 1 heterocycles. The summed E-state index contributed by atoms with van der Waals surface area (Å²) >= 11 is 0. The molecule has 0 aliphatic carbocycles. The largest absolute Gasteiger partial charge is 0.394 e. The van der Waals surface area contributed by atoms with Crippen molar-refractivity contribution in [1.82, 2.24) is 5.32 Å². The summed E-state index contributed by atoms with van der Waals surface area (Å²) in [6.07, 6.45) is 35.0. The minimum Gasteiger partial charge on any atom is -0.394 e. The topological polar surface area (TPSA) is 149 Å². The summed E-state index contributed by atoms with van der Waals surface area (Å²) in [6.45, 7) is 3.72. The van der Waals surface area contributed by atoms with Crippen LogP contribution < -0.4 is 5.32 Å². The summed E-state index contributed by atoms with van der Waals surface area (Å²) in [5.74, 6) is -0.179. The van der Waals surface area contributed by atoms with Crippen molar-refractivity contribution < 1.29 is 39.8 Å². The SMILES string of the molecule is CCC/C=C\CCCCCCCC/C=C/[C@@H](O)[C@H](CO[C@@H]1O[C@H](CO)[C@H](O)C(O)C1O)NC(=O)CCCCCCCCCCCCCCCCCCCC. The highest BCUT2D eigenvalue weighted by molar-refractivity contribution is 5.76. The molecule has 7 atom stereocenters. The van der Waals surface area contributed by atoms with Crippen molar-refractivity contribution in [3.05, 3.63) is 24.3 Å². The molecule has 1 fully saturated rings. The van der Waals surface area contributed by atoms with Gasteiger partial charge in [0.05, 0.1) is 25.4 Å². The third-order valence-electron chi connectivity index (χ3n) is 10.8. The molecular weight excluding hydrogens is 682 g/mol. The number of aliphatic hydroxyl groups excluding tert-OH is 5. The Balaban J connectivity index is 2.34. The van der Waals surface area contributed by atoms with E-state index in [0.717, 1.165) is 44.9 Å². The second-order valence-corrected chi connectivity index (χ2v) is 15.8. The van der Waals surface area contributed by atoms with Crippen LogP contribution in [0.15, 0.2) is 24.3 Å². The Bertz CT molecular complexity index is 899. The molecule has 1 amide bonds. The van der Waals surface area contributed by atoms with Crippen LogP contribution in [0.4, 0.5) is 0 Å². The van der Waals surface area contributed by atoms with E-state index in [1.54, 1.807) is 6.08 Å². The molecule has 0 radical (unpaired) electrons. The predicted octanol–water partition coefficient (Wildman–Crippen LogP) is 9.11. The Kier molecular flexibility index (Phi) is 33.8. The van der Waals surface area contributed by atoms with E-state index in [1.807, 2.05) is 6.08 Å². The molecule has 9 nitrogen and oxygen atoms in total. The van der Waals surface area contributed by atoms with Crippen LogP contribution in [0, 0.1) is 0 Å². The van der Waals surface area contributed by atoms with E-state index >= 15 is 0 Å². The molecule has 54 heavy (non-hydrogen) atoms. The summed E-state index contributed by atoms with van der Waals surface area (Å²) in [5, 5.41) is 54.1. The number of carbonyl (C=O) groups excluding carboxylic acids is 1. The van der Waals surface area contributed by atoms with Gasteiger partial charge in [0, 0.05) is 6.42 Å². The molecule has 318 valence electrons. The van der Waals surface area contributed by atoms with Gasteiger partial charge in [-0.25, -0.2) is 0 Å². The molecule has 1 saturated heterocycles. The van der Waals surface area contributed by atoms with Crippen molar-refractivity contribution >= 4 is 5.91 Å². The van der Waals surface area contributed by atoms with E-state index in [0.29, 0.717) is 6.42 Å². The first-order valence-corrected chi connectivity index (χ1v) is 22.6. The van der Waals surface area contributed by atoms with Crippen molar-refractivity contribution in [1.29, 1.82) is 0 Å². The molecule has 6 N–H and O–H groups in total. The standard InChI is InChI=1S/C45H85NO8/c1-3-5-7-9-11-13-15-17-18-19-20-21-23-25-27-29-31-33-35-41(49)46-38(37-53-45-44(52)43(51)42(50)40(36-47)54-45)39(48)34-32-30-28-26-24-22-16-14-12-10-8-6-4-2/h8,10,32,34,38-40,42-45,47-48,50-52H,3-7,9,11-31,33,35-37H2,1-2H3,(H,46,49)/b10-8-,34-32+/t38-,39+,40+,42-,43?,44?,45+/m0/s1. The van der Waals surface area contributed by atoms with Gasteiger partial charge in [0.15, 0.2) is 6.29 Å². The molecule has 0 aromatic rings. The average molecular weight is 768 g/mol. The summed E-state index contributed by atoms with van der Waals surface area (Å²) in [6, 6.07) is -0.803. The maximum Gasteiger partial charge on any atom is 0.220 e. The molecule has 0 saturated carbocycles. The minimum absolute atomic E-state index is 0.179. The van der Waals surface area contributed by atoms with Crippen LogP contribution in [0.2, 0.25) is 0 Å². The van der Waals surface area contributed by atoms with Crippen LogP contribution in [0.3, 0.4) is 0 Å². The van der Waals surface area contributed by atoms with Crippen LogP contribution in [-0.2, 0) is 14.3 Å². The lowest BCUT2D eigenvalue weighted by molar-refractivity contribution is -0.302. The highest BCUT2D eigenvalue weighted by atomic mass is 16.7. The molecule has 1 aliphatic heterocycles. The van der Waals surface area contributed by atoms with Gasteiger partial charge >= 0.3 is 0 Å². The van der Waals surface area contributed by atoms with E-state index < -0.39 is 49.5 Å². The molecule has 1 rings (SSSR count). The highest BCUT2D eigenvalue weighted by Gasteiger charge is 2.44. The summed E-state index contributed by atoms with van der Waals surface area (Å²) in [7, 11) is 0. The first kappa shape index (κ1) is 50.7. The second-order valence-electron chi connectivity index (χ2n) is 15.8. The number of nitrogens with one attached hydrogen (secondary N) is 1. The number of carbonyl (C=O) groups is 1. The Morgan fingerprint density at radius 2 is 1.07 bits per heavy atom. The quantitative estimate of drug-likeness (QED) is 0.0271. The van der Waals surface area contributed by atoms with Gasteiger partial charge in [-0.1, -0.05) is 179 Å². The van der Waals surface area contributed by atoms with E-state index in [2.05, 4.69) is 31.3 Å². The van der Waals surface area contributed by atoms with Crippen LogP contribution in [0.5, 0.6) is 0 Å². The maximum atomic E-state index is 12.9. The van der Waals surface area contributed by atoms with Crippen molar-refractivity contribution in [2.45, 2.75) is 243 Å². The zero-order valence-electron chi connectivity index (χ0n) is 34.7. The molecule has 0 aromatic heterocycles. The van der Waals surface area contributed by atoms with E-state index in [9.17, 15) is 30.3 Å². The van der Waals surface area contributed by atoms with Gasteiger partial charge in [0.25, 0.3) is 0 Å². The summed E-state index contributed by atoms with van der Waals surface area (Å²) in [4.78, 5) is 12.9. The van der Waals surface area contributed by atoms with Gasteiger partial charge in [-0.3, -0.25) is 4.79 Å². The average Bonchev–Trinajstić information content (AvgIpc) is 3.17. The van der Waals surface area contributed by atoms with Crippen molar-refractivity contribution in [3.63, 3.8) is 0 Å². The Morgan fingerprint density at radius 3 is 1.57 bits per heavy atom. The number of hydrogen-bond donors (Lipinski definition) is 6. The van der Waals surface area contributed by atoms with Gasteiger partial charge in [-0.2, -0.15) is 0 Å². The number of aliphatic hydroxyl groups is 5. The number of allylic oxidation sites excluding steroid dienone is 3. The smallest absolute Gasteiger partial charge is 0.220 e.